The second-order valence-corrected chi connectivity index (χ2v) is 37.0. The molecule has 0 bridgehead atoms. The zero-order valence-electron chi connectivity index (χ0n) is 83.4. The van der Waals surface area contributed by atoms with Crippen molar-refractivity contribution in [1.82, 2.24) is 36.5 Å². The molecule has 0 unspecified atom stereocenters. The van der Waals surface area contributed by atoms with Crippen molar-refractivity contribution < 1.29 is 110 Å². The summed E-state index contributed by atoms with van der Waals surface area (Å²) in [6, 6.07) is 42.7. The topological polar surface area (TPSA) is 176 Å². The Morgan fingerprint density at radius 1 is 0.213 bits per heavy atom. The van der Waals surface area contributed by atoms with Crippen molar-refractivity contribution in [2.24, 2.45) is 0 Å². The molecule has 0 N–H and O–H groups in total. The van der Waals surface area contributed by atoms with Crippen LogP contribution in [0.1, 0.15) is 154 Å². The summed E-state index contributed by atoms with van der Waals surface area (Å²) in [6.45, 7) is 52.0. The minimum Gasteiger partial charge on any atom is -0.358 e. The summed E-state index contributed by atoms with van der Waals surface area (Å²) in [4.78, 5) is 84.1. The number of ketones is 8. The Morgan fingerprint density at radius 2 is 0.346 bits per heavy atom. The van der Waals surface area contributed by atoms with Crippen LogP contribution in [0.4, 0.5) is 0 Å². The van der Waals surface area contributed by atoms with E-state index in [0.29, 0.717) is 11.1 Å². The largest absolute Gasteiger partial charge is 0.358 e. The maximum Gasteiger partial charge on any atom is 0.186 e. The standard InChI is InChI=1S/4C21H24N2.C10H6O2.3C6H4O2.4CH3.Ni.2Pd.Pt/c4*1-14-9-16(3)20(17(4)10-14)22-7-8-23(13-22)21-18(5)11-15(2)12-19(21)6;11-9-5-6-10(12)8-4-2-1-3-7(8)9;3*7-5-1-2-6(8)4-3-5;;;;;;;;/h4*7-12H,1-6H3;1-6H;3*1-4H;4*1H3;;;;/q;;;;;;;;4*-1;;;;. The maximum absolute atomic E-state index is 11.2. The number of rotatable bonds is 8. The monoisotopic (exact) mass is 2220 g/mol. The van der Waals surface area contributed by atoms with Gasteiger partial charge in [-0.25, -0.2) is 0 Å². The molecule has 4 aliphatic rings. The van der Waals surface area contributed by atoms with Gasteiger partial charge in [0.2, 0.25) is 0 Å². The first-order chi connectivity index (χ1) is 62.3. The predicted octanol–water partition coefficient (Wildman–Crippen LogP) is 25.0. The molecule has 4 heterocycles. The Kier molecular flexibility index (Phi) is 41.0. The fraction of sp³-hybridized carbons (Fsp3) is 0.207. The van der Waals surface area contributed by atoms with Gasteiger partial charge in [-0.2, -0.15) is 0 Å². The molecule has 13 aromatic rings. The molecule has 0 amide bonds. The van der Waals surface area contributed by atoms with Crippen LogP contribution in [0.25, 0.3) is 45.5 Å². The number of nitrogens with zero attached hydrogens (tertiary/aromatic N) is 8. The van der Waals surface area contributed by atoms with Crippen LogP contribution >= 0.6 is 0 Å². The van der Waals surface area contributed by atoms with Crippen molar-refractivity contribution >= 4 is 46.3 Å². The van der Waals surface area contributed by atoms with E-state index >= 15 is 0 Å². The third-order valence-electron chi connectivity index (χ3n) is 22.3. The van der Waals surface area contributed by atoms with Crippen molar-refractivity contribution in [3.05, 3.63) is 446 Å². The zero-order valence-corrected chi connectivity index (χ0v) is 89.7. The fourth-order valence-corrected chi connectivity index (χ4v) is 20.1. The van der Waals surface area contributed by atoms with E-state index in [0.717, 1.165) is 12.2 Å². The van der Waals surface area contributed by atoms with Crippen LogP contribution in [-0.2, 0) is 101 Å². The average Bonchev–Trinajstić information content (AvgIpc) is 1.57. The number of imidazole rings is 4. The summed E-state index contributed by atoms with van der Waals surface area (Å²) in [5, 5.41) is 0. The molecule has 20 heteroatoms. The van der Waals surface area contributed by atoms with Gasteiger partial charge >= 0.3 is 616 Å². The number of fused-ring (bicyclic) bond motifs is 1. The summed E-state index contributed by atoms with van der Waals surface area (Å²) in [5.74, 6) is -0.909. The Hall–Kier alpha value is -12.1. The first kappa shape index (κ1) is 113. The number of benzene rings is 9. The van der Waals surface area contributed by atoms with E-state index in [1.165, 1.54) is 268 Å². The van der Waals surface area contributed by atoms with Crippen molar-refractivity contribution in [3.63, 3.8) is 0 Å². The van der Waals surface area contributed by atoms with Crippen LogP contribution in [0.3, 0.4) is 0 Å². The van der Waals surface area contributed by atoms with Crippen LogP contribution in [0, 0.1) is 212 Å². The number of aryl methyl sites for hydroxylation is 24. The molecule has 4 aliphatic carbocycles. The number of carbonyl (C=O) groups is 8. The van der Waals surface area contributed by atoms with Crippen LogP contribution in [-0.4, -0.2) is 82.8 Å². The molecule has 136 heavy (non-hydrogen) atoms. The average molecular weight is 2230 g/mol. The van der Waals surface area contributed by atoms with E-state index in [4.69, 9.17) is 15.0 Å². The van der Waals surface area contributed by atoms with Crippen LogP contribution in [0.2, 0.25) is 0 Å². The molecule has 0 fully saturated rings. The first-order valence-electron chi connectivity index (χ1n) is 43.2. The molecule has 0 saturated carbocycles. The number of allylic oxidation sites excluding steroid dienone is 14. The molecule has 0 spiro atoms. The number of carbonyl (C=O) groups excluding carboxylic acids is 8. The second kappa shape index (κ2) is 49.6. The van der Waals surface area contributed by atoms with E-state index in [1.54, 1.807) is 24.3 Å². The van der Waals surface area contributed by atoms with Gasteiger partial charge in [0.1, 0.15) is 0 Å². The molecule has 4 aromatic heterocycles. The van der Waals surface area contributed by atoms with Gasteiger partial charge in [0.15, 0.2) is 46.3 Å². The van der Waals surface area contributed by atoms with Gasteiger partial charge in [-0.05, 0) is 85.1 Å². The number of hydrogen-bond donors (Lipinski definition) is 0. The third-order valence-corrected chi connectivity index (χ3v) is 25.3. The number of hydrogen-bond acceptors (Lipinski definition) is 8. The molecule has 722 valence electrons. The van der Waals surface area contributed by atoms with E-state index in [2.05, 4.69) is 406 Å². The smallest absolute Gasteiger partial charge is 0.186 e. The van der Waals surface area contributed by atoms with Gasteiger partial charge in [-0.3, -0.25) is 38.4 Å². The van der Waals surface area contributed by atoms with Gasteiger partial charge in [0, 0.05) is 11.1 Å². The predicted molar refractivity (Wildman–Crippen MR) is 542 cm³/mol. The molecule has 17 rings (SSSR count). The quantitative estimate of drug-likeness (QED) is 0.0820. The molecular weight excluding hydrogens is 2100 g/mol. The van der Waals surface area contributed by atoms with Crippen LogP contribution < -0.4 is 0 Å². The van der Waals surface area contributed by atoms with Crippen molar-refractivity contribution in [3.8, 4) is 45.5 Å². The Bertz CT molecular complexity index is 5930. The van der Waals surface area contributed by atoms with E-state index < -0.39 is 0 Å². The van der Waals surface area contributed by atoms with Crippen molar-refractivity contribution in [2.45, 2.75) is 166 Å². The molecule has 0 saturated heterocycles. The Balaban J connectivity index is 0.000000246. The Labute approximate surface area is 843 Å². The van der Waals surface area contributed by atoms with Gasteiger partial charge in [0.05, 0.1) is 0 Å². The summed E-state index contributed by atoms with van der Waals surface area (Å²) in [7, 11) is 0. The van der Waals surface area contributed by atoms with Crippen LogP contribution in [0.5, 0.6) is 0 Å². The third kappa shape index (κ3) is 27.6. The van der Waals surface area contributed by atoms with Crippen LogP contribution in [0.15, 0.2) is 256 Å². The summed E-state index contributed by atoms with van der Waals surface area (Å²) < 4.78 is 22.0. The molecular formula is C116H126N8NiO8Pd2Pt-4. The summed E-state index contributed by atoms with van der Waals surface area (Å²) in [6.07, 6.45) is 34.7. The zero-order chi connectivity index (χ0) is 96.9. The van der Waals surface area contributed by atoms with E-state index in [9.17, 15) is 38.4 Å². The Morgan fingerprint density at radius 3 is 0.507 bits per heavy atom. The van der Waals surface area contributed by atoms with E-state index in [1.807, 2.05) is 0 Å². The van der Waals surface area contributed by atoms with Crippen molar-refractivity contribution in [1.29, 1.82) is 0 Å². The molecule has 9 aromatic carbocycles. The first-order valence-corrected chi connectivity index (χ1v) is 46.4. The van der Waals surface area contributed by atoms with E-state index in [-0.39, 0.29) is 76.0 Å². The fourth-order valence-electron chi connectivity index (χ4n) is 17.7. The summed E-state index contributed by atoms with van der Waals surface area (Å²) in [5.41, 5.74) is 42.0. The van der Waals surface area contributed by atoms with Gasteiger partial charge < -0.3 is 29.7 Å². The molecule has 0 aliphatic heterocycles. The minimum absolute atomic E-state index is 0. The molecule has 16 nitrogen and oxygen atoms in total. The number of aromatic nitrogens is 8. The van der Waals surface area contributed by atoms with Gasteiger partial charge in [-0.1, -0.05) is 24.3 Å². The molecule has 0 atom stereocenters. The minimum atomic E-state index is -0.121. The van der Waals surface area contributed by atoms with Gasteiger partial charge in [0.25, 0.3) is 0 Å². The SMILES string of the molecule is Cc1cc(C)c(-n2ccn(-c3c(C)cc(C)cc3C)[c]2=[Ni])c(C)c1.Cc1cc(C)c(-n2ccn(-c3c(C)cc(C)cc3C)[c]2=[Pd])c(C)c1.Cc1cc(C)c(-n2ccn(-c3c(C)cc(C)cc3C)[c]2=[Pd])c(C)c1.Cc1cc(C)c(-n2ccn(-c3c(C)cc(C)cc3C)[c]2=[Pt])c(C)c1.O=C1C=CC(=O)C=C1.O=C1C=CC(=O)C=C1.O=C1C=CC(=O)C=C1.O=C1C=CC(=O)c2ccccc21.[CH3-].[CH3-].[CH3-].[CH3-]. The van der Waals surface area contributed by atoms with Crippen molar-refractivity contribution in [2.75, 3.05) is 0 Å². The molecule has 0 radical (unpaired) electrons. The van der Waals surface area contributed by atoms with Gasteiger partial charge in [-0.15, -0.1) is 0 Å². The summed E-state index contributed by atoms with van der Waals surface area (Å²) >= 11 is 14.9. The second-order valence-electron chi connectivity index (χ2n) is 34.1. The maximum atomic E-state index is 11.2. The normalized spacial score (nSPS) is 12.3.